The maximum Gasteiger partial charge on any atom is 0.251 e. The van der Waals surface area contributed by atoms with Crippen LogP contribution >= 0.6 is 0 Å². The highest BCUT2D eigenvalue weighted by molar-refractivity contribution is 5.94. The average Bonchev–Trinajstić information content (AvgIpc) is 3.19. The quantitative estimate of drug-likeness (QED) is 0.777. The van der Waals surface area contributed by atoms with Gasteiger partial charge in [0.15, 0.2) is 0 Å². The van der Waals surface area contributed by atoms with Crippen molar-refractivity contribution in [1.82, 2.24) is 10.2 Å². The van der Waals surface area contributed by atoms with Crippen LogP contribution in [0, 0.1) is 0 Å². The smallest absolute Gasteiger partial charge is 0.251 e. The molecule has 1 saturated heterocycles. The Labute approximate surface area is 161 Å². The van der Waals surface area contributed by atoms with Gasteiger partial charge in [0, 0.05) is 25.3 Å². The zero-order chi connectivity index (χ0) is 19.1. The Kier molecular flexibility index (Phi) is 6.85. The van der Waals surface area contributed by atoms with E-state index in [9.17, 15) is 4.79 Å². The minimum Gasteiger partial charge on any atom is -0.491 e. The number of ether oxygens (including phenoxy) is 2. The number of amides is 1. The second-order valence-electron chi connectivity index (χ2n) is 7.16. The van der Waals surface area contributed by atoms with E-state index in [-0.39, 0.29) is 12.0 Å². The fourth-order valence-electron chi connectivity index (χ4n) is 3.19. The van der Waals surface area contributed by atoms with E-state index in [2.05, 4.69) is 22.3 Å². The van der Waals surface area contributed by atoms with Crippen LogP contribution in [0.15, 0.2) is 48.5 Å². The maximum absolute atomic E-state index is 12.6. The first-order valence-corrected chi connectivity index (χ1v) is 9.46. The predicted molar refractivity (Wildman–Crippen MR) is 106 cm³/mol. The molecule has 1 unspecified atom stereocenters. The third kappa shape index (κ3) is 5.81. The van der Waals surface area contributed by atoms with Gasteiger partial charge in [-0.15, -0.1) is 0 Å². The molecule has 2 aromatic rings. The predicted octanol–water partition coefficient (Wildman–Crippen LogP) is 3.24. The second-order valence-corrected chi connectivity index (χ2v) is 7.16. The van der Waals surface area contributed by atoms with Crippen LogP contribution in [-0.4, -0.2) is 44.2 Å². The molecule has 0 spiro atoms. The van der Waals surface area contributed by atoms with E-state index in [0.29, 0.717) is 24.5 Å². The number of hydrogen-bond donors (Lipinski definition) is 1. The van der Waals surface area contributed by atoms with Crippen LogP contribution < -0.4 is 10.1 Å². The molecule has 5 heteroatoms. The molecular weight excluding hydrogens is 340 g/mol. The molecule has 0 saturated carbocycles. The minimum absolute atomic E-state index is 0.0998. The monoisotopic (exact) mass is 368 g/mol. The van der Waals surface area contributed by atoms with Gasteiger partial charge >= 0.3 is 0 Å². The number of hydrogen-bond acceptors (Lipinski definition) is 4. The number of carbonyl (C=O) groups is 1. The zero-order valence-electron chi connectivity index (χ0n) is 16.1. The van der Waals surface area contributed by atoms with Crippen molar-refractivity contribution >= 4 is 5.91 Å². The third-order valence-corrected chi connectivity index (χ3v) is 4.60. The molecule has 1 heterocycles. The topological polar surface area (TPSA) is 50.8 Å². The summed E-state index contributed by atoms with van der Waals surface area (Å²) in [6.07, 6.45) is 2.29. The van der Waals surface area contributed by atoms with Crippen molar-refractivity contribution in [1.29, 1.82) is 0 Å². The van der Waals surface area contributed by atoms with Gasteiger partial charge in [0.1, 0.15) is 12.4 Å². The van der Waals surface area contributed by atoms with Crippen molar-refractivity contribution in [2.24, 2.45) is 0 Å². The van der Waals surface area contributed by atoms with Gasteiger partial charge in [-0.25, -0.2) is 0 Å². The van der Waals surface area contributed by atoms with E-state index in [4.69, 9.17) is 9.47 Å². The van der Waals surface area contributed by atoms with Gasteiger partial charge in [0.25, 0.3) is 5.91 Å². The fourth-order valence-corrected chi connectivity index (χ4v) is 3.19. The molecule has 5 nitrogen and oxygen atoms in total. The molecule has 2 aromatic carbocycles. The van der Waals surface area contributed by atoms with Crippen molar-refractivity contribution in [2.45, 2.75) is 32.0 Å². The number of nitrogens with one attached hydrogen (secondary N) is 1. The van der Waals surface area contributed by atoms with Crippen LogP contribution in [0.2, 0.25) is 0 Å². The van der Waals surface area contributed by atoms with Crippen LogP contribution in [0.25, 0.3) is 0 Å². The lowest BCUT2D eigenvalue weighted by Crippen LogP contribution is -2.24. The van der Waals surface area contributed by atoms with Gasteiger partial charge < -0.3 is 19.7 Å². The molecule has 1 fully saturated rings. The number of nitrogens with zero attached hydrogens (tertiary/aromatic N) is 1. The Morgan fingerprint density at radius 3 is 2.74 bits per heavy atom. The summed E-state index contributed by atoms with van der Waals surface area (Å²) in [4.78, 5) is 14.7. The minimum atomic E-state index is -0.0998. The summed E-state index contributed by atoms with van der Waals surface area (Å²) in [5.74, 6) is 0.600. The normalized spacial score (nSPS) is 16.5. The molecule has 0 aliphatic carbocycles. The molecular formula is C22H28N2O3. The molecule has 3 rings (SSSR count). The summed E-state index contributed by atoms with van der Waals surface area (Å²) in [5.41, 5.74) is 2.95. The van der Waals surface area contributed by atoms with Gasteiger partial charge in [-0.1, -0.05) is 30.3 Å². The maximum atomic E-state index is 12.6. The number of benzene rings is 2. The molecule has 0 radical (unpaired) electrons. The average molecular weight is 368 g/mol. The SMILES string of the molecule is CN(C)Cc1ccccc1CNC(=O)c1cccc(OCC2CCCO2)c1. The second kappa shape index (κ2) is 9.53. The largest absolute Gasteiger partial charge is 0.491 e. The molecule has 144 valence electrons. The molecule has 1 amide bonds. The molecule has 0 bridgehead atoms. The Balaban J connectivity index is 1.57. The van der Waals surface area contributed by atoms with Crippen LogP contribution in [-0.2, 0) is 17.8 Å². The molecule has 1 atom stereocenters. The van der Waals surface area contributed by atoms with E-state index < -0.39 is 0 Å². The summed E-state index contributed by atoms with van der Waals surface area (Å²) in [7, 11) is 4.08. The van der Waals surface area contributed by atoms with E-state index in [1.165, 1.54) is 5.56 Å². The standard InChI is InChI=1S/C22H28N2O3/c1-24(2)15-19-8-4-3-7-18(19)14-23-22(25)17-9-5-10-20(13-17)27-16-21-11-6-12-26-21/h3-5,7-10,13,21H,6,11-12,14-16H2,1-2H3,(H,23,25). The first kappa shape index (κ1) is 19.4. The van der Waals surface area contributed by atoms with Crippen molar-refractivity contribution in [3.63, 3.8) is 0 Å². The lowest BCUT2D eigenvalue weighted by Gasteiger charge is -2.15. The molecule has 1 aliphatic rings. The zero-order valence-corrected chi connectivity index (χ0v) is 16.1. The van der Waals surface area contributed by atoms with Crippen molar-refractivity contribution in [3.05, 3.63) is 65.2 Å². The van der Waals surface area contributed by atoms with Gasteiger partial charge in [-0.05, 0) is 56.3 Å². The Morgan fingerprint density at radius 1 is 1.19 bits per heavy atom. The van der Waals surface area contributed by atoms with Crippen LogP contribution in [0.1, 0.15) is 34.3 Å². The van der Waals surface area contributed by atoms with Gasteiger partial charge in [0.05, 0.1) is 6.10 Å². The lowest BCUT2D eigenvalue weighted by atomic mass is 10.1. The van der Waals surface area contributed by atoms with Gasteiger partial charge in [-0.2, -0.15) is 0 Å². The summed E-state index contributed by atoms with van der Waals surface area (Å²) < 4.78 is 11.4. The van der Waals surface area contributed by atoms with E-state index >= 15 is 0 Å². The molecule has 1 aliphatic heterocycles. The van der Waals surface area contributed by atoms with Crippen molar-refractivity contribution in [3.8, 4) is 5.75 Å². The van der Waals surface area contributed by atoms with Gasteiger partial charge in [-0.3, -0.25) is 4.79 Å². The summed E-state index contributed by atoms with van der Waals surface area (Å²) in [6, 6.07) is 15.5. The number of rotatable bonds is 8. The van der Waals surface area contributed by atoms with E-state index in [1.54, 1.807) is 12.1 Å². The molecule has 27 heavy (non-hydrogen) atoms. The van der Waals surface area contributed by atoms with Crippen molar-refractivity contribution < 1.29 is 14.3 Å². The third-order valence-electron chi connectivity index (χ3n) is 4.60. The fraction of sp³-hybridized carbons (Fsp3) is 0.409. The lowest BCUT2D eigenvalue weighted by molar-refractivity contribution is 0.0679. The van der Waals surface area contributed by atoms with Crippen LogP contribution in [0.5, 0.6) is 5.75 Å². The summed E-state index contributed by atoms with van der Waals surface area (Å²) >= 11 is 0. The Hall–Kier alpha value is -2.37. The van der Waals surface area contributed by atoms with Crippen LogP contribution in [0.4, 0.5) is 0 Å². The number of carbonyl (C=O) groups excluding carboxylic acids is 1. The Bertz CT molecular complexity index is 755. The highest BCUT2D eigenvalue weighted by atomic mass is 16.5. The van der Waals surface area contributed by atoms with E-state index in [0.717, 1.165) is 31.6 Å². The highest BCUT2D eigenvalue weighted by Gasteiger charge is 2.16. The summed E-state index contributed by atoms with van der Waals surface area (Å²) in [6.45, 7) is 2.69. The van der Waals surface area contributed by atoms with Crippen molar-refractivity contribution in [2.75, 3.05) is 27.3 Å². The first-order chi connectivity index (χ1) is 13.1. The Morgan fingerprint density at radius 2 is 2.00 bits per heavy atom. The molecule has 1 N–H and O–H groups in total. The van der Waals surface area contributed by atoms with Crippen LogP contribution in [0.3, 0.4) is 0 Å². The first-order valence-electron chi connectivity index (χ1n) is 9.46. The van der Waals surface area contributed by atoms with Gasteiger partial charge in [0.2, 0.25) is 0 Å². The highest BCUT2D eigenvalue weighted by Crippen LogP contribution is 2.17. The van der Waals surface area contributed by atoms with E-state index in [1.807, 2.05) is 38.4 Å². The summed E-state index contributed by atoms with van der Waals surface area (Å²) in [5, 5.41) is 3.02. The molecule has 0 aromatic heterocycles.